The molecule has 3 aromatic rings. The maximum absolute atomic E-state index is 13.1. The van der Waals surface area contributed by atoms with Crippen molar-refractivity contribution in [3.05, 3.63) is 41.4 Å². The number of hydrogen-bond donors (Lipinski definition) is 3. The highest BCUT2D eigenvalue weighted by atomic mass is 35.5. The van der Waals surface area contributed by atoms with Gasteiger partial charge in [0.2, 0.25) is 5.91 Å². The molecule has 1 saturated carbocycles. The van der Waals surface area contributed by atoms with Crippen LogP contribution in [0, 0.1) is 0 Å². The molecule has 0 unspecified atom stereocenters. The molecule has 33 heavy (non-hydrogen) atoms. The fourth-order valence-electron chi connectivity index (χ4n) is 4.18. The summed E-state index contributed by atoms with van der Waals surface area (Å²) in [7, 11) is 0. The van der Waals surface area contributed by atoms with E-state index in [-0.39, 0.29) is 29.9 Å². The van der Waals surface area contributed by atoms with Gasteiger partial charge in [-0.1, -0.05) is 11.6 Å². The molecule has 0 aliphatic heterocycles. The number of halogens is 1. The fraction of sp³-hybridized carbons (Fsp3) is 0.435. The van der Waals surface area contributed by atoms with Gasteiger partial charge >= 0.3 is 0 Å². The predicted molar refractivity (Wildman–Crippen MR) is 127 cm³/mol. The zero-order valence-corrected chi connectivity index (χ0v) is 19.7. The molecule has 0 bridgehead atoms. The predicted octanol–water partition coefficient (Wildman–Crippen LogP) is 3.44. The summed E-state index contributed by atoms with van der Waals surface area (Å²) in [6.45, 7) is 5.57. The maximum atomic E-state index is 13.1. The van der Waals surface area contributed by atoms with Crippen LogP contribution in [0.1, 0.15) is 56.8 Å². The van der Waals surface area contributed by atoms with E-state index >= 15 is 0 Å². The Bertz CT molecular complexity index is 1170. The lowest BCUT2D eigenvalue weighted by Gasteiger charge is -2.29. The molecule has 1 fully saturated rings. The third kappa shape index (κ3) is 5.42. The molecule has 3 aromatic heterocycles. The standard InChI is InChI=1S/C23H28ClN7O2/c1-13(2)28-21-8-20(18-11-27-31-12-15(24)9-26-22(18)31)25-10-19(21)23(33)30-17-6-4-16(5-7-17)29-14(3)32/h8-13,16-17H,4-7H2,1-3H3,(H,25,28)(H,29,32)(H,30,33)/t16-,17-. The number of nitrogens with zero attached hydrogens (tertiary/aromatic N) is 4. The molecule has 2 amide bonds. The van der Waals surface area contributed by atoms with E-state index < -0.39 is 0 Å². The lowest BCUT2D eigenvalue weighted by atomic mass is 9.91. The Morgan fingerprint density at radius 3 is 2.42 bits per heavy atom. The summed E-state index contributed by atoms with van der Waals surface area (Å²) in [6, 6.07) is 2.24. The van der Waals surface area contributed by atoms with Crippen molar-refractivity contribution in [3.8, 4) is 11.3 Å². The summed E-state index contributed by atoms with van der Waals surface area (Å²) in [5.41, 5.74) is 3.24. The van der Waals surface area contributed by atoms with Crippen LogP contribution < -0.4 is 16.0 Å². The van der Waals surface area contributed by atoms with Crippen LogP contribution in [-0.4, -0.2) is 49.5 Å². The number of rotatable bonds is 6. The minimum atomic E-state index is -0.162. The molecule has 1 aliphatic rings. The molecule has 174 valence electrons. The largest absolute Gasteiger partial charge is 0.382 e. The molecular weight excluding hydrogens is 442 g/mol. The normalized spacial score (nSPS) is 18.3. The number of pyridine rings is 1. The number of fused-ring (bicyclic) bond motifs is 1. The molecule has 0 radical (unpaired) electrons. The number of aromatic nitrogens is 4. The zero-order chi connectivity index (χ0) is 23.5. The molecule has 0 spiro atoms. The third-order valence-electron chi connectivity index (χ3n) is 5.66. The first-order valence-corrected chi connectivity index (χ1v) is 11.5. The van der Waals surface area contributed by atoms with Gasteiger partial charge in [0.05, 0.1) is 39.9 Å². The van der Waals surface area contributed by atoms with Crippen LogP contribution in [0.5, 0.6) is 0 Å². The Balaban J connectivity index is 1.54. The topological polar surface area (TPSA) is 113 Å². The van der Waals surface area contributed by atoms with Gasteiger partial charge in [-0.05, 0) is 45.6 Å². The number of carbonyl (C=O) groups excluding carboxylic acids is 2. The number of carbonyl (C=O) groups is 2. The van der Waals surface area contributed by atoms with Crippen LogP contribution in [0.2, 0.25) is 5.02 Å². The first-order chi connectivity index (χ1) is 15.8. The molecule has 1 aliphatic carbocycles. The van der Waals surface area contributed by atoms with Crippen LogP contribution in [-0.2, 0) is 4.79 Å². The molecule has 3 N–H and O–H groups in total. The number of nitrogens with one attached hydrogen (secondary N) is 3. The van der Waals surface area contributed by atoms with Gasteiger partial charge in [-0.15, -0.1) is 0 Å². The van der Waals surface area contributed by atoms with Gasteiger partial charge < -0.3 is 16.0 Å². The van der Waals surface area contributed by atoms with E-state index in [2.05, 4.69) is 31.0 Å². The molecule has 9 nitrogen and oxygen atoms in total. The molecular formula is C23H28ClN7O2. The Morgan fingerprint density at radius 1 is 1.06 bits per heavy atom. The van der Waals surface area contributed by atoms with Crippen LogP contribution in [0.3, 0.4) is 0 Å². The van der Waals surface area contributed by atoms with E-state index in [0.29, 0.717) is 27.6 Å². The summed E-state index contributed by atoms with van der Waals surface area (Å²) in [6.07, 6.45) is 9.89. The van der Waals surface area contributed by atoms with Crippen LogP contribution in [0.25, 0.3) is 16.9 Å². The lowest BCUT2D eigenvalue weighted by Crippen LogP contribution is -2.43. The van der Waals surface area contributed by atoms with Crippen molar-refractivity contribution in [1.82, 2.24) is 30.2 Å². The van der Waals surface area contributed by atoms with Gasteiger partial charge in [0, 0.05) is 37.4 Å². The minimum absolute atomic E-state index is 0.0115. The zero-order valence-electron chi connectivity index (χ0n) is 18.9. The van der Waals surface area contributed by atoms with Crippen molar-refractivity contribution in [2.75, 3.05) is 5.32 Å². The molecule has 0 aromatic carbocycles. The molecule has 0 atom stereocenters. The second-order valence-electron chi connectivity index (χ2n) is 8.74. The highest BCUT2D eigenvalue weighted by molar-refractivity contribution is 6.30. The smallest absolute Gasteiger partial charge is 0.255 e. The van der Waals surface area contributed by atoms with Crippen LogP contribution in [0.15, 0.2) is 30.9 Å². The van der Waals surface area contributed by atoms with E-state index in [1.165, 1.54) is 6.92 Å². The van der Waals surface area contributed by atoms with Gasteiger partial charge in [-0.2, -0.15) is 5.10 Å². The van der Waals surface area contributed by atoms with Gasteiger partial charge in [-0.3, -0.25) is 14.6 Å². The van der Waals surface area contributed by atoms with E-state index in [1.54, 1.807) is 29.3 Å². The first-order valence-electron chi connectivity index (χ1n) is 11.1. The summed E-state index contributed by atoms with van der Waals surface area (Å²) in [5.74, 6) is -0.174. The Hall–Kier alpha value is -3.20. The van der Waals surface area contributed by atoms with Crippen molar-refractivity contribution in [1.29, 1.82) is 0 Å². The molecule has 4 rings (SSSR count). The second-order valence-corrected chi connectivity index (χ2v) is 9.17. The SMILES string of the molecule is CC(=O)N[C@H]1CC[C@H](NC(=O)c2cnc(-c3cnn4cc(Cl)cnc34)cc2NC(C)C)CC1. The average Bonchev–Trinajstić information content (AvgIpc) is 3.17. The second kappa shape index (κ2) is 9.74. The van der Waals surface area contributed by atoms with Crippen molar-refractivity contribution >= 4 is 34.7 Å². The molecule has 3 heterocycles. The van der Waals surface area contributed by atoms with E-state index in [9.17, 15) is 9.59 Å². The van der Waals surface area contributed by atoms with Gasteiger partial charge in [0.15, 0.2) is 5.65 Å². The van der Waals surface area contributed by atoms with E-state index in [0.717, 1.165) is 31.2 Å². The van der Waals surface area contributed by atoms with Crippen LogP contribution in [0.4, 0.5) is 5.69 Å². The average molecular weight is 470 g/mol. The Morgan fingerprint density at radius 2 is 1.76 bits per heavy atom. The summed E-state index contributed by atoms with van der Waals surface area (Å²) >= 11 is 6.01. The maximum Gasteiger partial charge on any atom is 0.255 e. The summed E-state index contributed by atoms with van der Waals surface area (Å²) in [5, 5.41) is 14.3. The van der Waals surface area contributed by atoms with Crippen molar-refractivity contribution in [3.63, 3.8) is 0 Å². The van der Waals surface area contributed by atoms with Gasteiger partial charge in [-0.25, -0.2) is 9.50 Å². The molecule has 10 heteroatoms. The Kier molecular flexibility index (Phi) is 6.78. The molecule has 0 saturated heterocycles. The Labute approximate surface area is 197 Å². The number of anilines is 1. The van der Waals surface area contributed by atoms with Crippen LogP contribution >= 0.6 is 11.6 Å². The summed E-state index contributed by atoms with van der Waals surface area (Å²) < 4.78 is 1.60. The minimum Gasteiger partial charge on any atom is -0.382 e. The quantitative estimate of drug-likeness (QED) is 0.509. The highest BCUT2D eigenvalue weighted by Crippen LogP contribution is 2.27. The fourth-order valence-corrected chi connectivity index (χ4v) is 4.32. The van der Waals surface area contributed by atoms with Crippen molar-refractivity contribution < 1.29 is 9.59 Å². The highest BCUT2D eigenvalue weighted by Gasteiger charge is 2.25. The van der Waals surface area contributed by atoms with Crippen molar-refractivity contribution in [2.24, 2.45) is 0 Å². The number of hydrogen-bond acceptors (Lipinski definition) is 6. The van der Waals surface area contributed by atoms with Crippen molar-refractivity contribution in [2.45, 2.75) is 64.6 Å². The first kappa shape index (κ1) is 23.0. The van der Waals surface area contributed by atoms with E-state index in [4.69, 9.17) is 11.6 Å². The summed E-state index contributed by atoms with van der Waals surface area (Å²) in [4.78, 5) is 33.3. The third-order valence-corrected chi connectivity index (χ3v) is 5.86. The van der Waals surface area contributed by atoms with E-state index in [1.807, 2.05) is 19.9 Å². The lowest BCUT2D eigenvalue weighted by molar-refractivity contribution is -0.119. The monoisotopic (exact) mass is 469 g/mol. The van der Waals surface area contributed by atoms with Gasteiger partial charge in [0.25, 0.3) is 5.91 Å². The van der Waals surface area contributed by atoms with Gasteiger partial charge in [0.1, 0.15) is 0 Å². The number of amides is 2.